The molecule has 0 bridgehead atoms. The number of rotatable bonds is 4. The van der Waals surface area contributed by atoms with Crippen LogP contribution in [0.25, 0.3) is 64.6 Å². The predicted octanol–water partition coefficient (Wildman–Crippen LogP) is 8.35. The number of ketones is 2. The fourth-order valence-electron chi connectivity index (χ4n) is 6.35. The van der Waals surface area contributed by atoms with Gasteiger partial charge in [0, 0.05) is 32.7 Å². The second kappa shape index (κ2) is 7.65. The molecule has 8 aromatic rings. The van der Waals surface area contributed by atoms with Crippen molar-refractivity contribution in [1.82, 2.24) is 0 Å². The lowest BCUT2D eigenvalue weighted by atomic mass is 9.88. The van der Waals surface area contributed by atoms with Crippen LogP contribution in [0.5, 0.6) is 11.5 Å². The van der Waals surface area contributed by atoms with Crippen LogP contribution in [0.1, 0.15) is 27.1 Å². The van der Waals surface area contributed by atoms with Gasteiger partial charge in [0.25, 0.3) is 0 Å². The van der Waals surface area contributed by atoms with Crippen molar-refractivity contribution in [2.45, 2.75) is 6.42 Å². The number of carbonyl (C=O) groups excluding carboxylic acids is 2. The molecule has 4 nitrogen and oxygen atoms in total. The van der Waals surface area contributed by atoms with Crippen LogP contribution in [-0.2, 0) is 0 Å². The van der Waals surface area contributed by atoms with E-state index >= 15 is 0 Å². The summed E-state index contributed by atoms with van der Waals surface area (Å²) in [4.78, 5) is 27.1. The van der Waals surface area contributed by atoms with Crippen LogP contribution in [0.2, 0.25) is 0 Å². The van der Waals surface area contributed by atoms with Gasteiger partial charge < -0.3 is 10.2 Å². The average molecular weight is 505 g/mol. The maximum Gasteiger partial charge on any atom is 0.171 e. The summed E-state index contributed by atoms with van der Waals surface area (Å²) in [5.41, 5.74) is 0.806. The molecule has 0 unspecified atom stereocenters. The number of aromatic hydroxyl groups is 2. The van der Waals surface area contributed by atoms with Crippen molar-refractivity contribution in [3.8, 4) is 11.5 Å². The summed E-state index contributed by atoms with van der Waals surface area (Å²) in [5.74, 6) is -0.358. The lowest BCUT2D eigenvalue weighted by molar-refractivity contribution is 0.0895. The summed E-state index contributed by atoms with van der Waals surface area (Å²) in [6.07, 6.45) is -0.308. The first kappa shape index (κ1) is 21.8. The highest BCUT2D eigenvalue weighted by molar-refractivity contribution is 6.30. The Kier molecular flexibility index (Phi) is 4.28. The first-order valence-corrected chi connectivity index (χ1v) is 12.8. The number of phenols is 2. The molecule has 39 heavy (non-hydrogen) atoms. The van der Waals surface area contributed by atoms with E-state index in [1.165, 1.54) is 6.07 Å². The quantitative estimate of drug-likeness (QED) is 0.143. The highest BCUT2D eigenvalue weighted by Crippen LogP contribution is 2.41. The van der Waals surface area contributed by atoms with Crippen molar-refractivity contribution in [1.29, 1.82) is 0 Å². The molecule has 0 aliphatic heterocycles. The molecule has 0 saturated heterocycles. The van der Waals surface area contributed by atoms with E-state index in [-0.39, 0.29) is 29.5 Å². The molecule has 8 aromatic carbocycles. The van der Waals surface area contributed by atoms with Crippen LogP contribution < -0.4 is 0 Å². The number of hydrogen-bond donors (Lipinski definition) is 2. The third-order valence-electron chi connectivity index (χ3n) is 8.14. The summed E-state index contributed by atoms with van der Waals surface area (Å²) < 4.78 is 0. The lowest BCUT2D eigenvalue weighted by Gasteiger charge is -2.15. The molecule has 2 N–H and O–H groups in total. The number of carbonyl (C=O) groups is 2. The Morgan fingerprint density at radius 2 is 1.03 bits per heavy atom. The summed E-state index contributed by atoms with van der Waals surface area (Å²) >= 11 is 0. The van der Waals surface area contributed by atoms with Crippen LogP contribution >= 0.6 is 0 Å². The van der Waals surface area contributed by atoms with Crippen LogP contribution in [0.4, 0.5) is 0 Å². The molecule has 8 rings (SSSR count). The zero-order chi connectivity index (χ0) is 26.4. The van der Waals surface area contributed by atoms with E-state index in [0.29, 0.717) is 16.5 Å². The molecule has 0 spiro atoms. The molecule has 0 aliphatic rings. The SMILES string of the molecule is O=C(CC(=O)c1cc(O)c2ccc3cccc4ccc1c2c34)c1cc2ccc3ccc(O)c4ccc(c1)c2c34. The topological polar surface area (TPSA) is 74.6 Å². The average Bonchev–Trinajstić information content (AvgIpc) is 2.96. The third-order valence-corrected chi connectivity index (χ3v) is 8.14. The standard InChI is InChI=1S/C35H20O4/c36-28-13-9-20-4-5-21-14-23(15-22-8-12-25(28)34(20)33(21)22)29(37)17-31(39)27-16-30(38)26-11-7-19-3-1-2-18-6-10-24(27)35(26)32(18)19/h1-16,36,38H,17H2. The minimum absolute atomic E-state index is 0.0303. The number of Topliss-reactive ketones (excluding diaryl/α,β-unsaturated/α-hetero) is 2. The minimum Gasteiger partial charge on any atom is -0.507 e. The molecule has 0 saturated carbocycles. The van der Waals surface area contributed by atoms with Gasteiger partial charge in [-0.05, 0) is 67.4 Å². The Hall–Kier alpha value is -5.22. The molecule has 0 heterocycles. The van der Waals surface area contributed by atoms with Crippen LogP contribution in [0.3, 0.4) is 0 Å². The van der Waals surface area contributed by atoms with E-state index in [2.05, 4.69) is 0 Å². The smallest absolute Gasteiger partial charge is 0.171 e. The molecule has 0 aromatic heterocycles. The van der Waals surface area contributed by atoms with Crippen molar-refractivity contribution >= 4 is 76.2 Å². The predicted molar refractivity (Wildman–Crippen MR) is 157 cm³/mol. The first-order chi connectivity index (χ1) is 19.0. The molecular weight excluding hydrogens is 484 g/mol. The van der Waals surface area contributed by atoms with Gasteiger partial charge in [0.2, 0.25) is 0 Å². The van der Waals surface area contributed by atoms with Gasteiger partial charge in [-0.25, -0.2) is 0 Å². The molecule has 0 atom stereocenters. The van der Waals surface area contributed by atoms with E-state index in [0.717, 1.165) is 59.2 Å². The van der Waals surface area contributed by atoms with Crippen LogP contribution in [0.15, 0.2) is 97.1 Å². The molecule has 0 radical (unpaired) electrons. The Morgan fingerprint density at radius 3 is 1.77 bits per heavy atom. The Balaban J connectivity index is 1.24. The van der Waals surface area contributed by atoms with Crippen LogP contribution in [0, 0.1) is 0 Å². The Bertz CT molecular complexity index is 2280. The van der Waals surface area contributed by atoms with Gasteiger partial charge >= 0.3 is 0 Å². The van der Waals surface area contributed by atoms with Gasteiger partial charge in [-0.3, -0.25) is 9.59 Å². The van der Waals surface area contributed by atoms with Gasteiger partial charge in [0.05, 0.1) is 6.42 Å². The van der Waals surface area contributed by atoms with Gasteiger partial charge in [-0.15, -0.1) is 0 Å². The van der Waals surface area contributed by atoms with E-state index in [9.17, 15) is 19.8 Å². The third kappa shape index (κ3) is 3.00. The van der Waals surface area contributed by atoms with Crippen molar-refractivity contribution in [2.24, 2.45) is 0 Å². The molecule has 0 aliphatic carbocycles. The monoisotopic (exact) mass is 504 g/mol. The second-order valence-electron chi connectivity index (χ2n) is 10.3. The fourth-order valence-corrected chi connectivity index (χ4v) is 6.35. The van der Waals surface area contributed by atoms with Crippen molar-refractivity contribution < 1.29 is 19.8 Å². The Morgan fingerprint density at radius 1 is 0.487 bits per heavy atom. The van der Waals surface area contributed by atoms with Crippen LogP contribution in [-0.4, -0.2) is 21.8 Å². The molecule has 184 valence electrons. The summed E-state index contributed by atoms with van der Waals surface area (Å²) in [6.45, 7) is 0. The lowest BCUT2D eigenvalue weighted by Crippen LogP contribution is -2.09. The summed E-state index contributed by atoms with van der Waals surface area (Å²) in [7, 11) is 0. The number of benzene rings is 8. The maximum absolute atomic E-state index is 13.6. The molecule has 4 heteroatoms. The highest BCUT2D eigenvalue weighted by Gasteiger charge is 2.21. The van der Waals surface area contributed by atoms with E-state index in [1.54, 1.807) is 6.07 Å². The molecule has 0 amide bonds. The number of phenolic OH excluding ortho intramolecular Hbond substituents is 2. The van der Waals surface area contributed by atoms with Gasteiger partial charge in [-0.2, -0.15) is 0 Å². The zero-order valence-electron chi connectivity index (χ0n) is 20.7. The van der Waals surface area contributed by atoms with E-state index in [1.807, 2.05) is 84.9 Å². The van der Waals surface area contributed by atoms with Gasteiger partial charge in [0.15, 0.2) is 11.6 Å². The van der Waals surface area contributed by atoms with E-state index < -0.39 is 0 Å². The van der Waals surface area contributed by atoms with Crippen molar-refractivity contribution in [3.63, 3.8) is 0 Å². The van der Waals surface area contributed by atoms with Gasteiger partial charge in [-0.1, -0.05) is 72.8 Å². The largest absolute Gasteiger partial charge is 0.507 e. The second-order valence-corrected chi connectivity index (χ2v) is 10.3. The zero-order valence-corrected chi connectivity index (χ0v) is 20.7. The van der Waals surface area contributed by atoms with Gasteiger partial charge in [0.1, 0.15) is 11.5 Å². The van der Waals surface area contributed by atoms with E-state index in [4.69, 9.17) is 0 Å². The molecule has 0 fully saturated rings. The minimum atomic E-state index is -0.330. The maximum atomic E-state index is 13.6. The van der Waals surface area contributed by atoms with Crippen molar-refractivity contribution in [3.05, 3.63) is 108 Å². The first-order valence-electron chi connectivity index (χ1n) is 12.8. The highest BCUT2D eigenvalue weighted by atomic mass is 16.3. The van der Waals surface area contributed by atoms with Crippen molar-refractivity contribution in [2.75, 3.05) is 0 Å². The number of hydrogen-bond acceptors (Lipinski definition) is 4. The normalized spacial score (nSPS) is 12.1. The summed E-state index contributed by atoms with van der Waals surface area (Å²) in [5, 5.41) is 32.1. The fraction of sp³-hybridized carbons (Fsp3) is 0.0286. The Labute approximate surface area is 222 Å². The summed E-state index contributed by atoms with van der Waals surface area (Å²) in [6, 6.07) is 30.2. The molecular formula is C35H20O4.